The minimum absolute atomic E-state index is 0.279. The molecule has 2 N–H and O–H groups in total. The second-order valence-electron chi connectivity index (χ2n) is 7.65. The van der Waals surface area contributed by atoms with E-state index in [1.54, 1.807) is 24.3 Å². The number of nitrogens with one attached hydrogen (secondary N) is 2. The van der Waals surface area contributed by atoms with Gasteiger partial charge in [0.05, 0.1) is 5.92 Å². The molecule has 2 aliphatic heterocycles. The number of carbonyl (C=O) groups is 1. The molecule has 3 aromatic carbocycles. The Kier molecular flexibility index (Phi) is 4.34. The van der Waals surface area contributed by atoms with Gasteiger partial charge >= 0.3 is 0 Å². The standard InChI is InChI=1S/C23H18ClN3O3/c24-16-10-6-9-15(13-16)19-21(27(29)30)20(14-7-2-1-3-8-14)26-23(19)17-11-4-5-12-18(17)25-22(23)28/h1-13,19-21,26H,(H,25,28)/t19-,20-,21-,23+/m0/s1. The number of fused-ring (bicyclic) bond motifs is 2. The molecular formula is C23H18ClN3O3. The van der Waals surface area contributed by atoms with Crippen LogP contribution in [0.5, 0.6) is 0 Å². The fourth-order valence-corrected chi connectivity index (χ4v) is 5.13. The quantitative estimate of drug-likeness (QED) is 0.490. The first-order chi connectivity index (χ1) is 14.5. The van der Waals surface area contributed by atoms with E-state index in [9.17, 15) is 14.9 Å². The fraction of sp³-hybridized carbons (Fsp3) is 0.174. The van der Waals surface area contributed by atoms with Gasteiger partial charge < -0.3 is 5.32 Å². The van der Waals surface area contributed by atoms with E-state index in [0.717, 1.165) is 5.56 Å². The maximum absolute atomic E-state index is 13.4. The first-order valence-electron chi connectivity index (χ1n) is 9.65. The van der Waals surface area contributed by atoms with Crippen molar-refractivity contribution in [1.29, 1.82) is 0 Å². The number of halogens is 1. The van der Waals surface area contributed by atoms with Gasteiger partial charge in [-0.2, -0.15) is 0 Å². The Labute approximate surface area is 178 Å². The largest absolute Gasteiger partial charge is 0.324 e. The van der Waals surface area contributed by atoms with Gasteiger partial charge in [-0.25, -0.2) is 0 Å². The number of nitro groups is 1. The van der Waals surface area contributed by atoms with Crippen LogP contribution >= 0.6 is 11.6 Å². The van der Waals surface area contributed by atoms with E-state index < -0.39 is 23.5 Å². The number of carbonyl (C=O) groups excluding carboxylic acids is 1. The molecule has 2 aliphatic rings. The van der Waals surface area contributed by atoms with E-state index in [1.807, 2.05) is 54.6 Å². The van der Waals surface area contributed by atoms with Gasteiger partial charge in [-0.15, -0.1) is 0 Å². The number of benzene rings is 3. The zero-order chi connectivity index (χ0) is 20.9. The molecule has 5 rings (SSSR count). The number of amides is 1. The molecule has 1 saturated heterocycles. The van der Waals surface area contributed by atoms with Gasteiger partial charge in [0.25, 0.3) is 0 Å². The molecule has 0 bridgehead atoms. The molecule has 2 heterocycles. The molecule has 3 aromatic rings. The van der Waals surface area contributed by atoms with E-state index >= 15 is 0 Å². The van der Waals surface area contributed by atoms with E-state index in [2.05, 4.69) is 10.6 Å². The molecule has 30 heavy (non-hydrogen) atoms. The number of para-hydroxylation sites is 1. The summed E-state index contributed by atoms with van der Waals surface area (Å²) in [6.07, 6.45) is 0. The molecule has 0 aliphatic carbocycles. The van der Waals surface area contributed by atoms with Crippen molar-refractivity contribution >= 4 is 23.2 Å². The van der Waals surface area contributed by atoms with Gasteiger partial charge in [-0.1, -0.05) is 72.3 Å². The molecule has 1 fully saturated rings. The number of anilines is 1. The van der Waals surface area contributed by atoms with Gasteiger partial charge in [0.1, 0.15) is 11.6 Å². The number of hydrogen-bond donors (Lipinski definition) is 2. The highest BCUT2D eigenvalue weighted by atomic mass is 35.5. The second-order valence-corrected chi connectivity index (χ2v) is 8.09. The number of nitrogens with zero attached hydrogens (tertiary/aromatic N) is 1. The summed E-state index contributed by atoms with van der Waals surface area (Å²) in [5.74, 6) is -1.04. The van der Waals surface area contributed by atoms with Crippen LogP contribution in [-0.2, 0) is 10.3 Å². The molecule has 1 amide bonds. The molecule has 0 radical (unpaired) electrons. The second kappa shape index (κ2) is 6.93. The molecule has 6 nitrogen and oxygen atoms in total. The Balaban J connectivity index is 1.78. The van der Waals surface area contributed by atoms with Crippen LogP contribution in [0.4, 0.5) is 5.69 Å². The molecule has 1 spiro atoms. The molecule has 150 valence electrons. The number of rotatable bonds is 3. The summed E-state index contributed by atoms with van der Waals surface area (Å²) in [4.78, 5) is 25.6. The van der Waals surface area contributed by atoms with E-state index in [0.29, 0.717) is 21.8 Å². The summed E-state index contributed by atoms with van der Waals surface area (Å²) in [5.41, 5.74) is 1.52. The average molecular weight is 420 g/mol. The summed E-state index contributed by atoms with van der Waals surface area (Å²) < 4.78 is 0. The van der Waals surface area contributed by atoms with Crippen molar-refractivity contribution in [2.24, 2.45) is 0 Å². The van der Waals surface area contributed by atoms with Crippen molar-refractivity contribution < 1.29 is 9.72 Å². The predicted molar refractivity (Wildman–Crippen MR) is 114 cm³/mol. The molecule has 4 atom stereocenters. The van der Waals surface area contributed by atoms with Crippen molar-refractivity contribution in [1.82, 2.24) is 5.32 Å². The fourth-order valence-electron chi connectivity index (χ4n) is 4.93. The van der Waals surface area contributed by atoms with E-state index in [4.69, 9.17) is 11.6 Å². The molecule has 7 heteroatoms. The van der Waals surface area contributed by atoms with Gasteiger partial charge in [-0.05, 0) is 29.3 Å². The maximum Gasteiger partial charge on any atom is 0.250 e. The van der Waals surface area contributed by atoms with Crippen LogP contribution in [0.25, 0.3) is 0 Å². The Bertz CT molecular complexity index is 1150. The Morgan fingerprint density at radius 2 is 1.63 bits per heavy atom. The molecule has 0 saturated carbocycles. The average Bonchev–Trinajstić information content (AvgIpc) is 3.25. The first kappa shape index (κ1) is 18.8. The lowest BCUT2D eigenvalue weighted by Crippen LogP contribution is -2.48. The Hall–Kier alpha value is -3.22. The predicted octanol–water partition coefficient (Wildman–Crippen LogP) is 4.26. The van der Waals surface area contributed by atoms with Crippen molar-refractivity contribution in [2.75, 3.05) is 5.32 Å². The van der Waals surface area contributed by atoms with E-state index in [1.165, 1.54) is 0 Å². The normalized spacial score (nSPS) is 27.1. The Morgan fingerprint density at radius 3 is 2.37 bits per heavy atom. The minimum Gasteiger partial charge on any atom is -0.324 e. The van der Waals surface area contributed by atoms with Crippen molar-refractivity contribution in [3.05, 3.63) is 111 Å². The lowest BCUT2D eigenvalue weighted by Gasteiger charge is -2.29. The third kappa shape index (κ3) is 2.65. The van der Waals surface area contributed by atoms with Gasteiger partial charge in [-0.3, -0.25) is 20.2 Å². The molecule has 0 unspecified atom stereocenters. The topological polar surface area (TPSA) is 84.3 Å². The molecular weight excluding hydrogens is 402 g/mol. The van der Waals surface area contributed by atoms with Gasteiger partial charge in [0, 0.05) is 21.2 Å². The zero-order valence-electron chi connectivity index (χ0n) is 15.8. The van der Waals surface area contributed by atoms with Gasteiger partial charge in [0.15, 0.2) is 0 Å². The van der Waals surface area contributed by atoms with E-state index in [-0.39, 0.29) is 10.8 Å². The zero-order valence-corrected chi connectivity index (χ0v) is 16.5. The highest BCUT2D eigenvalue weighted by Crippen LogP contribution is 2.55. The van der Waals surface area contributed by atoms with Crippen LogP contribution in [0.1, 0.15) is 28.7 Å². The van der Waals surface area contributed by atoms with Crippen molar-refractivity contribution in [3.8, 4) is 0 Å². The highest BCUT2D eigenvalue weighted by Gasteiger charge is 2.66. The smallest absolute Gasteiger partial charge is 0.250 e. The monoisotopic (exact) mass is 419 g/mol. The summed E-state index contributed by atoms with van der Waals surface area (Å²) in [5, 5.41) is 19.2. The lowest BCUT2D eigenvalue weighted by atomic mass is 9.74. The third-order valence-corrected chi connectivity index (χ3v) is 6.34. The van der Waals surface area contributed by atoms with Gasteiger partial charge in [0.2, 0.25) is 11.9 Å². The van der Waals surface area contributed by atoms with Crippen LogP contribution in [0.3, 0.4) is 0 Å². The summed E-state index contributed by atoms with van der Waals surface area (Å²) in [7, 11) is 0. The van der Waals surface area contributed by atoms with Crippen LogP contribution in [0, 0.1) is 10.1 Å². The van der Waals surface area contributed by atoms with Crippen LogP contribution in [-0.4, -0.2) is 16.9 Å². The van der Waals surface area contributed by atoms with Crippen molar-refractivity contribution in [2.45, 2.75) is 23.5 Å². The summed E-state index contributed by atoms with van der Waals surface area (Å²) in [6, 6.07) is 21.9. The maximum atomic E-state index is 13.4. The SMILES string of the molecule is O=C1Nc2ccccc2[C@]12N[C@@H](c1ccccc1)[C@@H]([N+](=O)[O-])[C@@H]2c1cccc(Cl)c1. The molecule has 0 aromatic heterocycles. The first-order valence-corrected chi connectivity index (χ1v) is 10.0. The number of hydrogen-bond acceptors (Lipinski definition) is 4. The summed E-state index contributed by atoms with van der Waals surface area (Å²) >= 11 is 6.24. The van der Waals surface area contributed by atoms with Crippen LogP contribution in [0.2, 0.25) is 5.02 Å². The minimum atomic E-state index is -1.28. The Morgan fingerprint density at radius 1 is 0.933 bits per heavy atom. The third-order valence-electron chi connectivity index (χ3n) is 6.10. The van der Waals surface area contributed by atoms with Crippen molar-refractivity contribution in [3.63, 3.8) is 0 Å². The van der Waals surface area contributed by atoms with Crippen LogP contribution in [0.15, 0.2) is 78.9 Å². The summed E-state index contributed by atoms with van der Waals surface area (Å²) in [6.45, 7) is 0. The van der Waals surface area contributed by atoms with Crippen LogP contribution < -0.4 is 10.6 Å². The highest BCUT2D eigenvalue weighted by molar-refractivity contribution is 6.30. The lowest BCUT2D eigenvalue weighted by molar-refractivity contribution is -0.527.